The minimum absolute atomic E-state index is 0.00599. The molecule has 0 bridgehead atoms. The van der Waals surface area contributed by atoms with Crippen molar-refractivity contribution >= 4 is 37.1 Å². The number of hydrogen-bond acceptors (Lipinski definition) is 5. The van der Waals surface area contributed by atoms with Crippen LogP contribution in [0.2, 0.25) is 0 Å². The van der Waals surface area contributed by atoms with Gasteiger partial charge in [0.1, 0.15) is 0 Å². The van der Waals surface area contributed by atoms with Crippen molar-refractivity contribution in [2.45, 2.75) is 36.8 Å². The van der Waals surface area contributed by atoms with Crippen molar-refractivity contribution in [3.63, 3.8) is 0 Å². The number of unbranched alkanes of at least 4 members (excludes halogenated alkanes) is 2. The monoisotopic (exact) mass is 506 g/mol. The van der Waals surface area contributed by atoms with Crippen molar-refractivity contribution in [3.8, 4) is 0 Å². The normalized spacial score (nSPS) is 12.4. The van der Waals surface area contributed by atoms with Gasteiger partial charge in [-0.3, -0.25) is 9.10 Å². The first kappa shape index (κ1) is 26.7. The molecule has 0 aromatic heterocycles. The van der Waals surface area contributed by atoms with E-state index in [4.69, 9.17) is 0 Å². The fourth-order valence-corrected chi connectivity index (χ4v) is 4.86. The summed E-state index contributed by atoms with van der Waals surface area (Å²) in [5.41, 5.74) is 0.587. The molecular weight excluding hydrogens is 481 g/mol. The maximum atomic E-state index is 12.7. The van der Waals surface area contributed by atoms with E-state index in [1.807, 2.05) is 0 Å². The van der Waals surface area contributed by atoms with Gasteiger partial charge >= 0.3 is 6.18 Å². The number of para-hydroxylation sites is 1. The third-order valence-corrected chi connectivity index (χ3v) is 7.84. The first-order valence-corrected chi connectivity index (χ1v) is 13.4. The van der Waals surface area contributed by atoms with E-state index >= 15 is 0 Å². The largest absolute Gasteiger partial charge is 0.389 e. The van der Waals surface area contributed by atoms with Gasteiger partial charge in [0.2, 0.25) is 10.0 Å². The maximum absolute atomic E-state index is 12.7. The Bertz CT molecular complexity index is 1180. The molecule has 0 aliphatic carbocycles. The van der Waals surface area contributed by atoms with E-state index in [0.717, 1.165) is 10.6 Å². The molecular formula is C21H25F3N2O5S2. The van der Waals surface area contributed by atoms with Gasteiger partial charge in [0.05, 0.1) is 28.2 Å². The maximum Gasteiger partial charge on any atom is 0.389 e. The molecule has 0 saturated carbocycles. The van der Waals surface area contributed by atoms with Gasteiger partial charge in [-0.15, -0.1) is 0 Å². The second-order valence-electron chi connectivity index (χ2n) is 7.47. The Morgan fingerprint density at radius 1 is 0.939 bits per heavy atom. The molecule has 0 saturated heterocycles. The van der Waals surface area contributed by atoms with Crippen molar-refractivity contribution in [1.82, 2.24) is 0 Å². The molecule has 2 aromatic rings. The lowest BCUT2D eigenvalue weighted by Gasteiger charge is -2.19. The number of amides is 1. The van der Waals surface area contributed by atoms with Gasteiger partial charge in [-0.2, -0.15) is 13.2 Å². The summed E-state index contributed by atoms with van der Waals surface area (Å²) in [6.07, 6.45) is -4.04. The summed E-state index contributed by atoms with van der Waals surface area (Å²) in [5.74, 6) is -0.858. The van der Waals surface area contributed by atoms with E-state index in [1.165, 1.54) is 43.4 Å². The summed E-state index contributed by atoms with van der Waals surface area (Å²) < 4.78 is 85.9. The van der Waals surface area contributed by atoms with Gasteiger partial charge in [-0.1, -0.05) is 18.6 Å². The number of nitrogens with zero attached hydrogens (tertiary/aromatic N) is 1. The van der Waals surface area contributed by atoms with Crippen LogP contribution in [0.25, 0.3) is 0 Å². The SMILES string of the molecule is CN(c1ccccc1C(=O)Nc1ccc(S(=O)(=O)CCCCCC(F)(F)F)cc1)S(C)(=O)=O. The minimum Gasteiger partial charge on any atom is -0.322 e. The van der Waals surface area contributed by atoms with Crippen LogP contribution in [0.15, 0.2) is 53.4 Å². The Labute approximate surface area is 191 Å². The topological polar surface area (TPSA) is 101 Å². The highest BCUT2D eigenvalue weighted by Crippen LogP contribution is 2.25. The van der Waals surface area contributed by atoms with Crippen LogP contribution in [-0.4, -0.2) is 48.0 Å². The van der Waals surface area contributed by atoms with E-state index < -0.39 is 38.4 Å². The highest BCUT2D eigenvalue weighted by atomic mass is 32.2. The van der Waals surface area contributed by atoms with Crippen molar-refractivity contribution in [1.29, 1.82) is 0 Å². The first-order valence-electron chi connectivity index (χ1n) is 9.94. The van der Waals surface area contributed by atoms with E-state index in [2.05, 4.69) is 5.32 Å². The van der Waals surface area contributed by atoms with Gasteiger partial charge in [0.15, 0.2) is 9.84 Å². The van der Waals surface area contributed by atoms with Gasteiger partial charge in [-0.25, -0.2) is 16.8 Å². The van der Waals surface area contributed by atoms with E-state index in [9.17, 15) is 34.8 Å². The molecule has 0 fully saturated rings. The summed E-state index contributed by atoms with van der Waals surface area (Å²) >= 11 is 0. The smallest absolute Gasteiger partial charge is 0.322 e. The molecule has 182 valence electrons. The summed E-state index contributed by atoms with van der Waals surface area (Å²) in [7, 11) is -5.95. The van der Waals surface area contributed by atoms with E-state index in [1.54, 1.807) is 12.1 Å². The lowest BCUT2D eigenvalue weighted by Crippen LogP contribution is -2.27. The molecule has 0 unspecified atom stereocenters. The standard InChI is InChI=1S/C21H25F3N2O5S2/c1-26(32(2,28)29)19-9-5-4-8-18(19)20(27)25-16-10-12-17(13-11-16)33(30,31)15-7-3-6-14-21(22,23)24/h4-5,8-13H,3,6-7,14-15H2,1-2H3,(H,25,27). The number of rotatable bonds is 10. The molecule has 0 aliphatic rings. The third-order valence-electron chi connectivity index (χ3n) is 4.83. The van der Waals surface area contributed by atoms with Gasteiger partial charge < -0.3 is 5.32 Å². The summed E-state index contributed by atoms with van der Waals surface area (Å²) in [5, 5.41) is 2.60. The molecule has 2 rings (SSSR count). The number of anilines is 2. The lowest BCUT2D eigenvalue weighted by atomic mass is 10.1. The van der Waals surface area contributed by atoms with Gasteiger partial charge in [0, 0.05) is 19.2 Å². The van der Waals surface area contributed by atoms with Crippen molar-refractivity contribution in [2.75, 3.05) is 28.7 Å². The van der Waals surface area contributed by atoms with Crippen LogP contribution in [0.3, 0.4) is 0 Å². The Kier molecular flexibility index (Phi) is 8.52. The quantitative estimate of drug-likeness (QED) is 0.486. The van der Waals surface area contributed by atoms with Gasteiger partial charge in [0.25, 0.3) is 5.91 Å². The van der Waals surface area contributed by atoms with Crippen LogP contribution in [0.1, 0.15) is 36.0 Å². The number of hydrogen-bond donors (Lipinski definition) is 1. The molecule has 0 spiro atoms. The zero-order valence-electron chi connectivity index (χ0n) is 18.1. The highest BCUT2D eigenvalue weighted by Gasteiger charge is 2.26. The fourth-order valence-electron chi connectivity index (χ4n) is 2.98. The predicted molar refractivity (Wildman–Crippen MR) is 121 cm³/mol. The predicted octanol–water partition coefficient (Wildman–Crippen LogP) is 4.23. The van der Waals surface area contributed by atoms with Crippen molar-refractivity contribution < 1.29 is 34.8 Å². The molecule has 7 nitrogen and oxygen atoms in total. The average molecular weight is 507 g/mol. The molecule has 12 heteroatoms. The minimum atomic E-state index is -4.25. The average Bonchev–Trinajstić information content (AvgIpc) is 2.71. The number of sulfone groups is 1. The molecule has 0 heterocycles. The van der Waals surface area contributed by atoms with Crippen LogP contribution in [-0.2, 0) is 19.9 Å². The molecule has 33 heavy (non-hydrogen) atoms. The van der Waals surface area contributed by atoms with Crippen molar-refractivity contribution in [2.24, 2.45) is 0 Å². The number of alkyl halides is 3. The summed E-state index contributed by atoms with van der Waals surface area (Å²) in [4.78, 5) is 12.7. The number of sulfonamides is 1. The fraction of sp³-hybridized carbons (Fsp3) is 0.381. The number of carbonyl (C=O) groups excluding carboxylic acids is 1. The molecule has 0 radical (unpaired) electrons. The Morgan fingerprint density at radius 2 is 1.55 bits per heavy atom. The molecule has 1 amide bonds. The Morgan fingerprint density at radius 3 is 2.12 bits per heavy atom. The molecule has 0 atom stereocenters. The summed E-state index contributed by atoms with van der Waals surface area (Å²) in [6.45, 7) is 0. The number of halogens is 3. The number of benzene rings is 2. The molecule has 1 N–H and O–H groups in total. The van der Waals surface area contributed by atoms with Crippen molar-refractivity contribution in [3.05, 3.63) is 54.1 Å². The second-order valence-corrected chi connectivity index (χ2v) is 11.6. The number of nitrogens with one attached hydrogen (secondary N) is 1. The Balaban J connectivity index is 2.04. The van der Waals surface area contributed by atoms with Gasteiger partial charge in [-0.05, 0) is 49.2 Å². The van der Waals surface area contributed by atoms with E-state index in [-0.39, 0.29) is 41.2 Å². The summed E-state index contributed by atoms with van der Waals surface area (Å²) in [6, 6.07) is 11.5. The van der Waals surface area contributed by atoms with Crippen LogP contribution in [0.5, 0.6) is 0 Å². The number of carbonyl (C=O) groups is 1. The zero-order chi connectivity index (χ0) is 24.9. The third kappa shape index (κ3) is 8.04. The van der Waals surface area contributed by atoms with E-state index in [0.29, 0.717) is 5.69 Å². The van der Waals surface area contributed by atoms with Crippen LogP contribution in [0.4, 0.5) is 24.5 Å². The van der Waals surface area contributed by atoms with Crippen LogP contribution < -0.4 is 9.62 Å². The molecule has 0 aliphatic heterocycles. The van der Waals surface area contributed by atoms with Crippen LogP contribution >= 0.6 is 0 Å². The highest BCUT2D eigenvalue weighted by molar-refractivity contribution is 7.92. The molecule has 2 aromatic carbocycles. The zero-order valence-corrected chi connectivity index (χ0v) is 19.7. The second kappa shape index (κ2) is 10.6. The lowest BCUT2D eigenvalue weighted by molar-refractivity contribution is -0.135. The first-order chi connectivity index (χ1) is 15.2. The Hall–Kier alpha value is -2.60. The van der Waals surface area contributed by atoms with Crippen LogP contribution in [0, 0.1) is 0 Å².